The lowest BCUT2D eigenvalue weighted by atomic mass is 10.3. The third-order valence-corrected chi connectivity index (χ3v) is 2.90. The average Bonchev–Trinajstić information content (AvgIpc) is 2.97. The Hall–Kier alpha value is -2.11. The highest BCUT2D eigenvalue weighted by atomic mass is 16.2. The Bertz CT molecular complexity index is 555. The number of carbonyl (C=O) groups excluding carboxylic acids is 1. The molecule has 2 aromatic rings. The van der Waals surface area contributed by atoms with E-state index in [1.807, 2.05) is 25.5 Å². The van der Waals surface area contributed by atoms with Crippen LogP contribution in [0.5, 0.6) is 0 Å². The summed E-state index contributed by atoms with van der Waals surface area (Å²) in [5, 5.41) is 11.1. The Kier molecular flexibility index (Phi) is 3.45. The van der Waals surface area contributed by atoms with Gasteiger partial charge in [0.05, 0.1) is 17.6 Å². The lowest BCUT2D eigenvalue weighted by molar-refractivity contribution is 0.101. The molecular formula is C12H17N5O. The summed E-state index contributed by atoms with van der Waals surface area (Å²) in [5.41, 5.74) is 2.25. The molecule has 0 spiro atoms. The molecule has 18 heavy (non-hydrogen) atoms. The van der Waals surface area contributed by atoms with Crippen LogP contribution >= 0.6 is 0 Å². The number of rotatable bonds is 4. The minimum Gasteiger partial charge on any atom is -0.318 e. The van der Waals surface area contributed by atoms with Crippen LogP contribution in [0, 0.1) is 6.92 Å². The van der Waals surface area contributed by atoms with Crippen molar-refractivity contribution in [3.63, 3.8) is 0 Å². The first kappa shape index (κ1) is 12.3. The molecule has 0 unspecified atom stereocenters. The summed E-state index contributed by atoms with van der Waals surface area (Å²) in [6, 6.07) is 1.71. The topological polar surface area (TPSA) is 64.7 Å². The van der Waals surface area contributed by atoms with Gasteiger partial charge in [0, 0.05) is 19.3 Å². The van der Waals surface area contributed by atoms with Gasteiger partial charge in [0.25, 0.3) is 5.91 Å². The van der Waals surface area contributed by atoms with Crippen LogP contribution in [0.15, 0.2) is 18.5 Å². The molecule has 2 heterocycles. The van der Waals surface area contributed by atoms with Crippen molar-refractivity contribution in [1.29, 1.82) is 0 Å². The van der Waals surface area contributed by atoms with E-state index in [1.54, 1.807) is 23.1 Å². The molecule has 0 radical (unpaired) electrons. The predicted octanol–water partition coefficient (Wildman–Crippen LogP) is 1.68. The lowest BCUT2D eigenvalue weighted by Crippen LogP contribution is -2.17. The molecule has 0 aliphatic carbocycles. The first-order chi connectivity index (χ1) is 8.67. The number of aryl methyl sites for hydroxylation is 2. The summed E-state index contributed by atoms with van der Waals surface area (Å²) < 4.78 is 3.50. The highest BCUT2D eigenvalue weighted by Gasteiger charge is 2.14. The van der Waals surface area contributed by atoms with E-state index in [1.165, 1.54) is 0 Å². The van der Waals surface area contributed by atoms with Crippen molar-refractivity contribution in [2.24, 2.45) is 0 Å². The van der Waals surface area contributed by atoms with Gasteiger partial charge in [0.15, 0.2) is 0 Å². The van der Waals surface area contributed by atoms with Gasteiger partial charge in [-0.2, -0.15) is 10.2 Å². The summed E-state index contributed by atoms with van der Waals surface area (Å²) in [6.07, 6.45) is 3.30. The largest absolute Gasteiger partial charge is 0.318 e. The van der Waals surface area contributed by atoms with Crippen LogP contribution < -0.4 is 5.32 Å². The van der Waals surface area contributed by atoms with E-state index in [2.05, 4.69) is 15.5 Å². The summed E-state index contributed by atoms with van der Waals surface area (Å²) in [4.78, 5) is 12.1. The van der Waals surface area contributed by atoms with Crippen molar-refractivity contribution in [1.82, 2.24) is 19.6 Å². The fourth-order valence-electron chi connectivity index (χ4n) is 1.85. The standard InChI is InChI=1S/C12H17N5O/c1-4-16-9(3)10(8-14-16)15-12(18)11-6-7-13-17(11)5-2/h6-8H,4-5H2,1-3H3,(H,15,18). The molecule has 0 atom stereocenters. The van der Waals surface area contributed by atoms with Gasteiger partial charge in [-0.3, -0.25) is 14.2 Å². The molecule has 0 bridgehead atoms. The molecule has 2 aromatic heterocycles. The fourth-order valence-corrected chi connectivity index (χ4v) is 1.85. The molecule has 0 aromatic carbocycles. The SMILES string of the molecule is CCn1nccc1C(=O)Nc1cnn(CC)c1C. The van der Waals surface area contributed by atoms with Gasteiger partial charge in [-0.05, 0) is 26.8 Å². The minimum absolute atomic E-state index is 0.159. The first-order valence-corrected chi connectivity index (χ1v) is 6.03. The highest BCUT2D eigenvalue weighted by Crippen LogP contribution is 2.14. The van der Waals surface area contributed by atoms with E-state index in [4.69, 9.17) is 0 Å². The van der Waals surface area contributed by atoms with Gasteiger partial charge in [-0.1, -0.05) is 0 Å². The summed E-state index contributed by atoms with van der Waals surface area (Å²) in [6.45, 7) is 7.35. The van der Waals surface area contributed by atoms with Crippen LogP contribution in [0.25, 0.3) is 0 Å². The molecule has 0 aliphatic rings. The first-order valence-electron chi connectivity index (χ1n) is 6.03. The second-order valence-electron chi connectivity index (χ2n) is 3.95. The molecule has 1 amide bonds. The maximum Gasteiger partial charge on any atom is 0.274 e. The second-order valence-corrected chi connectivity index (χ2v) is 3.95. The molecular weight excluding hydrogens is 230 g/mol. The predicted molar refractivity (Wildman–Crippen MR) is 68.5 cm³/mol. The van der Waals surface area contributed by atoms with Crippen LogP contribution in [-0.2, 0) is 13.1 Å². The van der Waals surface area contributed by atoms with Gasteiger partial charge in [0.2, 0.25) is 0 Å². The third-order valence-electron chi connectivity index (χ3n) is 2.90. The van der Waals surface area contributed by atoms with Gasteiger partial charge in [-0.25, -0.2) is 0 Å². The van der Waals surface area contributed by atoms with Crippen LogP contribution in [-0.4, -0.2) is 25.5 Å². The molecule has 0 fully saturated rings. The van der Waals surface area contributed by atoms with E-state index in [0.717, 1.165) is 17.9 Å². The van der Waals surface area contributed by atoms with E-state index in [9.17, 15) is 4.79 Å². The Morgan fingerprint density at radius 2 is 2.00 bits per heavy atom. The fraction of sp³-hybridized carbons (Fsp3) is 0.417. The van der Waals surface area contributed by atoms with Crippen molar-refractivity contribution < 1.29 is 4.79 Å². The zero-order valence-electron chi connectivity index (χ0n) is 10.8. The maximum atomic E-state index is 12.1. The number of aromatic nitrogens is 4. The van der Waals surface area contributed by atoms with E-state index in [-0.39, 0.29) is 5.91 Å². The van der Waals surface area contributed by atoms with E-state index >= 15 is 0 Å². The Morgan fingerprint density at radius 3 is 2.61 bits per heavy atom. The number of anilines is 1. The van der Waals surface area contributed by atoms with Crippen molar-refractivity contribution in [2.45, 2.75) is 33.9 Å². The summed E-state index contributed by atoms with van der Waals surface area (Å²) in [5.74, 6) is -0.159. The second kappa shape index (κ2) is 5.03. The van der Waals surface area contributed by atoms with Gasteiger partial charge < -0.3 is 5.32 Å². The number of amides is 1. The van der Waals surface area contributed by atoms with E-state index < -0.39 is 0 Å². The van der Waals surface area contributed by atoms with Crippen LogP contribution in [0.3, 0.4) is 0 Å². The molecule has 96 valence electrons. The minimum atomic E-state index is -0.159. The molecule has 6 heteroatoms. The van der Waals surface area contributed by atoms with Crippen molar-refractivity contribution in [3.05, 3.63) is 29.8 Å². The molecule has 2 rings (SSSR count). The molecule has 1 N–H and O–H groups in total. The lowest BCUT2D eigenvalue weighted by Gasteiger charge is -2.06. The number of nitrogens with zero attached hydrogens (tertiary/aromatic N) is 4. The maximum absolute atomic E-state index is 12.1. The van der Waals surface area contributed by atoms with Crippen LogP contribution in [0.2, 0.25) is 0 Å². The quantitative estimate of drug-likeness (QED) is 0.894. The van der Waals surface area contributed by atoms with Crippen LogP contribution in [0.4, 0.5) is 5.69 Å². The van der Waals surface area contributed by atoms with Crippen molar-refractivity contribution >= 4 is 11.6 Å². The van der Waals surface area contributed by atoms with Gasteiger partial charge >= 0.3 is 0 Å². The Labute approximate surface area is 106 Å². The number of carbonyl (C=O) groups is 1. The highest BCUT2D eigenvalue weighted by molar-refractivity contribution is 6.03. The monoisotopic (exact) mass is 247 g/mol. The summed E-state index contributed by atoms with van der Waals surface area (Å²) in [7, 11) is 0. The van der Waals surface area contributed by atoms with Crippen molar-refractivity contribution in [3.8, 4) is 0 Å². The van der Waals surface area contributed by atoms with Gasteiger partial charge in [0.1, 0.15) is 5.69 Å². The van der Waals surface area contributed by atoms with Crippen molar-refractivity contribution in [2.75, 3.05) is 5.32 Å². The number of hydrogen-bond acceptors (Lipinski definition) is 3. The van der Waals surface area contributed by atoms with Crippen LogP contribution in [0.1, 0.15) is 30.0 Å². The Balaban J connectivity index is 2.19. The molecule has 6 nitrogen and oxygen atoms in total. The van der Waals surface area contributed by atoms with Gasteiger partial charge in [-0.15, -0.1) is 0 Å². The summed E-state index contributed by atoms with van der Waals surface area (Å²) >= 11 is 0. The average molecular weight is 247 g/mol. The number of nitrogens with one attached hydrogen (secondary N) is 1. The molecule has 0 saturated carbocycles. The van der Waals surface area contributed by atoms with E-state index in [0.29, 0.717) is 12.2 Å². The zero-order valence-corrected chi connectivity index (χ0v) is 10.8. The third kappa shape index (κ3) is 2.13. The number of hydrogen-bond donors (Lipinski definition) is 1. The molecule has 0 saturated heterocycles. The Morgan fingerprint density at radius 1 is 1.28 bits per heavy atom. The smallest absolute Gasteiger partial charge is 0.274 e. The molecule has 0 aliphatic heterocycles. The normalized spacial score (nSPS) is 10.6. The zero-order chi connectivity index (χ0) is 13.1.